The zero-order valence-corrected chi connectivity index (χ0v) is 22.5. The molecule has 6 nitrogen and oxygen atoms in total. The molecule has 1 fully saturated rings. The van der Waals surface area contributed by atoms with E-state index in [4.69, 9.17) is 0 Å². The average molecular weight is 642 g/mol. The summed E-state index contributed by atoms with van der Waals surface area (Å²) in [6, 6.07) is 18.1. The summed E-state index contributed by atoms with van der Waals surface area (Å²) < 4.78 is 58.6. The highest BCUT2D eigenvalue weighted by molar-refractivity contribution is 14.1. The molecule has 11 heteroatoms. The lowest BCUT2D eigenvalue weighted by Crippen LogP contribution is -2.54. The molecule has 1 aliphatic heterocycles. The fourth-order valence-electron chi connectivity index (χ4n) is 4.39. The Kier molecular flexibility index (Phi) is 9.08. The van der Waals surface area contributed by atoms with Crippen molar-refractivity contribution < 1.29 is 27.1 Å². The molecule has 1 atom stereocenters. The molecule has 2 N–H and O–H groups in total. The summed E-state index contributed by atoms with van der Waals surface area (Å²) >= 11 is 2.11. The van der Waals surface area contributed by atoms with Crippen molar-refractivity contribution in [3.63, 3.8) is 0 Å². The van der Waals surface area contributed by atoms with Gasteiger partial charge in [-0.2, -0.15) is 17.6 Å². The summed E-state index contributed by atoms with van der Waals surface area (Å²) in [5.41, 5.74) is 0.330. The first-order valence-electron chi connectivity index (χ1n) is 12.1. The molecule has 202 valence electrons. The van der Waals surface area contributed by atoms with Crippen LogP contribution in [0, 0.1) is 3.57 Å². The number of amides is 2. The topological polar surface area (TPSA) is 66.5 Å². The molecule has 1 saturated heterocycles. The van der Waals surface area contributed by atoms with Gasteiger partial charge in [-0.15, -0.1) is 0 Å². The lowest BCUT2D eigenvalue weighted by atomic mass is 9.80. The molecular formula is C27H27F4IN4O2. The standard InChI is InChI=1S/C27H27F4IN4O2/c28-24(29)27(30,31)38-22-9-4-8-20(16-22)26(17-19-6-2-1-3-7-19,23-11-10-21(32)18-34-23)35-25(37)36-14-5-12-33-13-15-36/h1-4,6-11,16,18,24,33H,5,12-15,17H2,(H,35,37)/t26-/m0/s1. The Balaban J connectivity index is 1.84. The van der Waals surface area contributed by atoms with Crippen LogP contribution >= 0.6 is 22.6 Å². The quantitative estimate of drug-likeness (QED) is 0.255. The lowest BCUT2D eigenvalue weighted by Gasteiger charge is -2.37. The van der Waals surface area contributed by atoms with Gasteiger partial charge in [0.2, 0.25) is 0 Å². The summed E-state index contributed by atoms with van der Waals surface area (Å²) in [4.78, 5) is 20.0. The Labute approximate surface area is 231 Å². The molecular weight excluding hydrogens is 615 g/mol. The monoisotopic (exact) mass is 642 g/mol. The van der Waals surface area contributed by atoms with E-state index in [0.29, 0.717) is 30.9 Å². The van der Waals surface area contributed by atoms with Gasteiger partial charge in [0.05, 0.1) is 5.69 Å². The third-order valence-electron chi connectivity index (χ3n) is 6.26. The first kappa shape index (κ1) is 28.1. The number of rotatable bonds is 8. The van der Waals surface area contributed by atoms with E-state index in [1.54, 1.807) is 23.2 Å². The Morgan fingerprint density at radius 2 is 1.87 bits per heavy atom. The summed E-state index contributed by atoms with van der Waals surface area (Å²) in [5, 5.41) is 6.40. The zero-order chi connectivity index (χ0) is 27.2. The maximum atomic E-state index is 13.8. The minimum absolute atomic E-state index is 0.216. The number of carbonyl (C=O) groups excluding carboxylic acids is 1. The molecule has 0 saturated carbocycles. The molecule has 3 aromatic rings. The highest BCUT2D eigenvalue weighted by atomic mass is 127. The fraction of sp³-hybridized carbons (Fsp3) is 0.333. The number of nitrogens with zero attached hydrogens (tertiary/aromatic N) is 2. The van der Waals surface area contributed by atoms with Crippen molar-refractivity contribution in [3.05, 3.63) is 93.3 Å². The first-order chi connectivity index (χ1) is 18.2. The van der Waals surface area contributed by atoms with E-state index in [-0.39, 0.29) is 12.5 Å². The summed E-state index contributed by atoms with van der Waals surface area (Å²) in [6.45, 7) is 2.43. The van der Waals surface area contributed by atoms with Crippen molar-refractivity contribution in [1.82, 2.24) is 20.5 Å². The fourth-order valence-corrected chi connectivity index (χ4v) is 4.71. The van der Waals surface area contributed by atoms with Gasteiger partial charge in [0, 0.05) is 35.8 Å². The third-order valence-corrected chi connectivity index (χ3v) is 6.90. The van der Waals surface area contributed by atoms with Gasteiger partial charge in [-0.3, -0.25) is 4.98 Å². The highest BCUT2D eigenvalue weighted by Crippen LogP contribution is 2.36. The molecule has 0 aliphatic carbocycles. The van der Waals surface area contributed by atoms with Crippen molar-refractivity contribution in [1.29, 1.82) is 0 Å². The maximum absolute atomic E-state index is 13.8. The normalized spacial score (nSPS) is 16.0. The minimum atomic E-state index is -4.68. The average Bonchev–Trinajstić information content (AvgIpc) is 3.19. The van der Waals surface area contributed by atoms with E-state index in [0.717, 1.165) is 22.1 Å². The van der Waals surface area contributed by atoms with Crippen LogP contribution in [-0.2, 0) is 12.0 Å². The van der Waals surface area contributed by atoms with Crippen molar-refractivity contribution in [2.24, 2.45) is 0 Å². The van der Waals surface area contributed by atoms with Crippen LogP contribution in [0.15, 0.2) is 72.9 Å². The van der Waals surface area contributed by atoms with Crippen LogP contribution in [0.25, 0.3) is 0 Å². The van der Waals surface area contributed by atoms with Crippen LogP contribution in [0.3, 0.4) is 0 Å². The van der Waals surface area contributed by atoms with Gasteiger partial charge in [-0.05, 0) is 70.9 Å². The summed E-state index contributed by atoms with van der Waals surface area (Å²) in [6.07, 6.45) is -6.05. The first-order valence-corrected chi connectivity index (χ1v) is 13.2. The molecule has 0 spiro atoms. The van der Waals surface area contributed by atoms with Crippen LogP contribution in [-0.4, -0.2) is 54.6 Å². The van der Waals surface area contributed by atoms with Gasteiger partial charge in [-0.25, -0.2) is 4.79 Å². The summed E-state index contributed by atoms with van der Waals surface area (Å²) in [7, 11) is 0. The van der Waals surface area contributed by atoms with E-state index >= 15 is 0 Å². The predicted octanol–water partition coefficient (Wildman–Crippen LogP) is 5.41. The number of ether oxygens (including phenoxy) is 1. The Morgan fingerprint density at radius 1 is 1.08 bits per heavy atom. The van der Waals surface area contributed by atoms with Crippen molar-refractivity contribution in [2.45, 2.75) is 30.9 Å². The van der Waals surface area contributed by atoms with Gasteiger partial charge in [-0.1, -0.05) is 42.5 Å². The number of aromatic nitrogens is 1. The Hall–Kier alpha value is -2.93. The molecule has 0 unspecified atom stereocenters. The number of hydrogen-bond acceptors (Lipinski definition) is 4. The van der Waals surface area contributed by atoms with Crippen LogP contribution in [0.5, 0.6) is 5.75 Å². The second-order valence-electron chi connectivity index (χ2n) is 8.94. The number of halogens is 5. The smallest absolute Gasteiger partial charge is 0.428 e. The third kappa shape index (κ3) is 6.73. The van der Waals surface area contributed by atoms with Gasteiger partial charge in [0.1, 0.15) is 11.3 Å². The van der Waals surface area contributed by atoms with Gasteiger partial charge >= 0.3 is 18.6 Å². The van der Waals surface area contributed by atoms with Crippen molar-refractivity contribution in [3.8, 4) is 5.75 Å². The second-order valence-corrected chi connectivity index (χ2v) is 10.2. The van der Waals surface area contributed by atoms with Crippen LogP contribution in [0.2, 0.25) is 0 Å². The summed E-state index contributed by atoms with van der Waals surface area (Å²) in [5.74, 6) is -0.455. The number of pyridine rings is 1. The number of carbonyl (C=O) groups is 1. The SMILES string of the molecule is O=C(N[C@@](Cc1ccccc1)(c1cccc(OC(F)(F)C(F)F)c1)c1ccc(I)cn1)N1CCCNCC1. The number of hydrogen-bond donors (Lipinski definition) is 2. The molecule has 2 amide bonds. The molecule has 1 aromatic heterocycles. The number of urea groups is 1. The number of nitrogens with one attached hydrogen (secondary N) is 2. The Bertz CT molecular complexity index is 1210. The molecule has 0 radical (unpaired) electrons. The molecule has 2 heterocycles. The van der Waals surface area contributed by atoms with E-state index in [1.165, 1.54) is 18.2 Å². The van der Waals surface area contributed by atoms with Gasteiger partial charge < -0.3 is 20.3 Å². The van der Waals surface area contributed by atoms with Crippen LogP contribution in [0.4, 0.5) is 22.4 Å². The maximum Gasteiger partial charge on any atom is 0.461 e. The lowest BCUT2D eigenvalue weighted by molar-refractivity contribution is -0.253. The van der Waals surface area contributed by atoms with Crippen LogP contribution < -0.4 is 15.4 Å². The predicted molar refractivity (Wildman–Crippen MR) is 143 cm³/mol. The van der Waals surface area contributed by atoms with Crippen molar-refractivity contribution >= 4 is 28.6 Å². The minimum Gasteiger partial charge on any atom is -0.428 e. The van der Waals surface area contributed by atoms with Crippen molar-refractivity contribution in [2.75, 3.05) is 26.2 Å². The largest absolute Gasteiger partial charge is 0.461 e. The van der Waals surface area contributed by atoms with E-state index in [2.05, 4.69) is 42.9 Å². The molecule has 4 rings (SSSR count). The molecule has 1 aliphatic rings. The zero-order valence-electron chi connectivity index (χ0n) is 20.3. The molecule has 2 aromatic carbocycles. The number of alkyl halides is 4. The highest BCUT2D eigenvalue weighted by Gasteiger charge is 2.45. The second kappa shape index (κ2) is 12.3. The number of benzene rings is 2. The Morgan fingerprint density at radius 3 is 2.58 bits per heavy atom. The van der Waals surface area contributed by atoms with E-state index in [9.17, 15) is 22.4 Å². The van der Waals surface area contributed by atoms with Gasteiger partial charge in [0.25, 0.3) is 0 Å². The molecule has 0 bridgehead atoms. The van der Waals surface area contributed by atoms with E-state index < -0.39 is 23.8 Å². The van der Waals surface area contributed by atoms with Gasteiger partial charge in [0.15, 0.2) is 0 Å². The van der Waals surface area contributed by atoms with Crippen LogP contribution in [0.1, 0.15) is 23.2 Å². The molecule has 38 heavy (non-hydrogen) atoms. The van der Waals surface area contributed by atoms with E-state index in [1.807, 2.05) is 36.4 Å².